The molecule has 1 heterocycles. The molecule has 2 nitrogen and oxygen atoms in total. The van der Waals surface area contributed by atoms with E-state index in [1.54, 1.807) is 0 Å². The van der Waals surface area contributed by atoms with E-state index in [-0.39, 0.29) is 0 Å². The van der Waals surface area contributed by atoms with E-state index in [1.807, 2.05) is 0 Å². The van der Waals surface area contributed by atoms with E-state index in [0.29, 0.717) is 6.04 Å². The second-order valence-electron chi connectivity index (χ2n) is 4.86. The van der Waals surface area contributed by atoms with Crippen molar-refractivity contribution in [3.05, 3.63) is 29.3 Å². The zero-order valence-corrected chi connectivity index (χ0v) is 10.4. The third-order valence-electron chi connectivity index (χ3n) is 3.51. The molecule has 0 amide bonds. The first-order chi connectivity index (χ1) is 7.72. The molecule has 1 aromatic carbocycles. The van der Waals surface area contributed by atoms with Gasteiger partial charge in [0.2, 0.25) is 0 Å². The fourth-order valence-electron chi connectivity index (χ4n) is 2.64. The first-order valence-corrected chi connectivity index (χ1v) is 6.28. The van der Waals surface area contributed by atoms with Gasteiger partial charge in [-0.3, -0.25) is 0 Å². The largest absolute Gasteiger partial charge is 0.369 e. The highest BCUT2D eigenvalue weighted by atomic mass is 15.2. The summed E-state index contributed by atoms with van der Waals surface area (Å²) < 4.78 is 0. The van der Waals surface area contributed by atoms with Crippen LogP contribution < -0.4 is 10.6 Å². The molecule has 1 atom stereocenters. The molecule has 0 aliphatic carbocycles. The number of benzene rings is 1. The normalized spacial score (nSPS) is 20.4. The number of nitrogens with zero attached hydrogens (tertiary/aromatic N) is 1. The molecule has 16 heavy (non-hydrogen) atoms. The van der Waals surface area contributed by atoms with Crippen LogP contribution >= 0.6 is 0 Å². The number of rotatable bonds is 3. The van der Waals surface area contributed by atoms with Crippen LogP contribution in [0.15, 0.2) is 18.2 Å². The lowest BCUT2D eigenvalue weighted by Crippen LogP contribution is -2.27. The Balaban J connectivity index is 2.31. The Hall–Kier alpha value is -1.02. The van der Waals surface area contributed by atoms with Gasteiger partial charge in [0.15, 0.2) is 0 Å². The fourth-order valence-corrected chi connectivity index (χ4v) is 2.64. The molecule has 0 aromatic heterocycles. The van der Waals surface area contributed by atoms with Crippen molar-refractivity contribution in [1.82, 2.24) is 0 Å². The molecule has 88 valence electrons. The predicted molar refractivity (Wildman–Crippen MR) is 70.0 cm³/mol. The molecule has 1 saturated heterocycles. The van der Waals surface area contributed by atoms with E-state index < -0.39 is 0 Å². The molecule has 1 aliphatic rings. The van der Waals surface area contributed by atoms with Crippen LogP contribution in [0.2, 0.25) is 0 Å². The highest BCUT2D eigenvalue weighted by Gasteiger charge is 2.22. The maximum Gasteiger partial charge on any atom is 0.0401 e. The minimum Gasteiger partial charge on any atom is -0.369 e. The summed E-state index contributed by atoms with van der Waals surface area (Å²) in [5.41, 5.74) is 9.84. The quantitative estimate of drug-likeness (QED) is 0.844. The molecule has 2 N–H and O–H groups in total. The number of hydrogen-bond donors (Lipinski definition) is 1. The lowest BCUT2D eigenvalue weighted by molar-refractivity contribution is 0.731. The van der Waals surface area contributed by atoms with Gasteiger partial charge in [0.1, 0.15) is 0 Å². The van der Waals surface area contributed by atoms with Gasteiger partial charge in [-0.15, -0.1) is 0 Å². The Morgan fingerprint density at radius 2 is 2.25 bits per heavy atom. The lowest BCUT2D eigenvalue weighted by atomic mass is 10.0. The van der Waals surface area contributed by atoms with Crippen LogP contribution in [0.25, 0.3) is 0 Å². The SMILES string of the molecule is Cc1ccc(N2CCCC2C)c(CCN)c1. The zero-order valence-electron chi connectivity index (χ0n) is 10.4. The van der Waals surface area contributed by atoms with Gasteiger partial charge in [0.25, 0.3) is 0 Å². The van der Waals surface area contributed by atoms with Gasteiger partial charge in [-0.1, -0.05) is 17.7 Å². The summed E-state index contributed by atoms with van der Waals surface area (Å²) >= 11 is 0. The zero-order chi connectivity index (χ0) is 11.5. The molecule has 1 unspecified atom stereocenters. The van der Waals surface area contributed by atoms with E-state index in [9.17, 15) is 0 Å². The van der Waals surface area contributed by atoms with Crippen LogP contribution in [0, 0.1) is 6.92 Å². The summed E-state index contributed by atoms with van der Waals surface area (Å²) in [5.74, 6) is 0. The average molecular weight is 218 g/mol. The minimum absolute atomic E-state index is 0.680. The fraction of sp³-hybridized carbons (Fsp3) is 0.571. The molecule has 2 rings (SSSR count). The van der Waals surface area contributed by atoms with Crippen LogP contribution in [-0.4, -0.2) is 19.1 Å². The Bertz CT molecular complexity index is 360. The monoisotopic (exact) mass is 218 g/mol. The second-order valence-corrected chi connectivity index (χ2v) is 4.86. The molecule has 2 heteroatoms. The number of aryl methyl sites for hydroxylation is 1. The summed E-state index contributed by atoms with van der Waals surface area (Å²) in [4.78, 5) is 2.53. The van der Waals surface area contributed by atoms with Crippen molar-refractivity contribution in [1.29, 1.82) is 0 Å². The van der Waals surface area contributed by atoms with Crippen molar-refractivity contribution in [3.63, 3.8) is 0 Å². The van der Waals surface area contributed by atoms with Gasteiger partial charge in [-0.05, 0) is 51.3 Å². The topological polar surface area (TPSA) is 29.3 Å². The van der Waals surface area contributed by atoms with Gasteiger partial charge < -0.3 is 10.6 Å². The molecular formula is C14H22N2. The Morgan fingerprint density at radius 1 is 1.44 bits per heavy atom. The first kappa shape index (κ1) is 11.5. The van der Waals surface area contributed by atoms with Crippen LogP contribution in [-0.2, 0) is 6.42 Å². The van der Waals surface area contributed by atoms with Crippen molar-refractivity contribution < 1.29 is 0 Å². The summed E-state index contributed by atoms with van der Waals surface area (Å²) in [6, 6.07) is 7.44. The van der Waals surface area contributed by atoms with Crippen LogP contribution in [0.5, 0.6) is 0 Å². The Labute approximate surface area is 98.4 Å². The van der Waals surface area contributed by atoms with Crippen LogP contribution in [0.3, 0.4) is 0 Å². The highest BCUT2D eigenvalue weighted by molar-refractivity contribution is 5.56. The number of hydrogen-bond acceptors (Lipinski definition) is 2. The lowest BCUT2D eigenvalue weighted by Gasteiger charge is -2.26. The summed E-state index contributed by atoms with van der Waals surface area (Å²) in [6.07, 6.45) is 3.62. The van der Waals surface area contributed by atoms with E-state index in [1.165, 1.54) is 36.2 Å². The minimum atomic E-state index is 0.680. The highest BCUT2D eigenvalue weighted by Crippen LogP contribution is 2.29. The summed E-state index contributed by atoms with van der Waals surface area (Å²) in [7, 11) is 0. The molecule has 0 saturated carbocycles. The van der Waals surface area contributed by atoms with Crippen molar-refractivity contribution in [3.8, 4) is 0 Å². The van der Waals surface area contributed by atoms with Gasteiger partial charge in [-0.2, -0.15) is 0 Å². The van der Waals surface area contributed by atoms with E-state index in [2.05, 4.69) is 36.9 Å². The Morgan fingerprint density at radius 3 is 2.88 bits per heavy atom. The van der Waals surface area contributed by atoms with E-state index in [4.69, 9.17) is 5.73 Å². The smallest absolute Gasteiger partial charge is 0.0401 e. The third kappa shape index (κ3) is 2.22. The van der Waals surface area contributed by atoms with Gasteiger partial charge in [0.05, 0.1) is 0 Å². The van der Waals surface area contributed by atoms with Crippen molar-refractivity contribution in [2.75, 3.05) is 18.0 Å². The van der Waals surface area contributed by atoms with E-state index >= 15 is 0 Å². The molecule has 0 spiro atoms. The molecule has 0 radical (unpaired) electrons. The average Bonchev–Trinajstić information content (AvgIpc) is 2.65. The van der Waals surface area contributed by atoms with Crippen molar-refractivity contribution >= 4 is 5.69 Å². The molecule has 0 bridgehead atoms. The molecular weight excluding hydrogens is 196 g/mol. The molecule has 1 aliphatic heterocycles. The summed E-state index contributed by atoms with van der Waals surface area (Å²) in [5, 5.41) is 0. The van der Waals surface area contributed by atoms with Crippen LogP contribution in [0.1, 0.15) is 30.9 Å². The Kier molecular flexibility index (Phi) is 3.49. The molecule has 1 aromatic rings. The molecule has 1 fully saturated rings. The van der Waals surface area contributed by atoms with Gasteiger partial charge in [-0.25, -0.2) is 0 Å². The number of nitrogens with two attached hydrogens (primary N) is 1. The maximum absolute atomic E-state index is 5.69. The van der Waals surface area contributed by atoms with Gasteiger partial charge in [0, 0.05) is 18.3 Å². The summed E-state index contributed by atoms with van der Waals surface area (Å²) in [6.45, 7) is 6.40. The van der Waals surface area contributed by atoms with Crippen molar-refractivity contribution in [2.24, 2.45) is 5.73 Å². The number of anilines is 1. The van der Waals surface area contributed by atoms with Gasteiger partial charge >= 0.3 is 0 Å². The third-order valence-corrected chi connectivity index (χ3v) is 3.51. The standard InChI is InChI=1S/C14H22N2/c1-11-5-6-14(13(10-11)7-8-15)16-9-3-4-12(16)2/h5-6,10,12H,3-4,7-9,15H2,1-2H3. The first-order valence-electron chi connectivity index (χ1n) is 6.28. The van der Waals surface area contributed by atoms with E-state index in [0.717, 1.165) is 13.0 Å². The van der Waals surface area contributed by atoms with Crippen LogP contribution in [0.4, 0.5) is 5.69 Å². The predicted octanol–water partition coefficient (Wildman–Crippen LogP) is 2.48. The van der Waals surface area contributed by atoms with Crippen molar-refractivity contribution in [2.45, 2.75) is 39.2 Å². The second kappa shape index (κ2) is 4.88. The maximum atomic E-state index is 5.69.